The van der Waals surface area contributed by atoms with E-state index in [1.165, 1.54) is 44.6 Å². The fourth-order valence-electron chi connectivity index (χ4n) is 7.99. The van der Waals surface area contributed by atoms with Gasteiger partial charge in [-0.3, -0.25) is 0 Å². The Morgan fingerprint density at radius 3 is 1.84 bits per heavy atom. The van der Waals surface area contributed by atoms with Gasteiger partial charge < -0.3 is 109 Å². The van der Waals surface area contributed by atoms with Gasteiger partial charge in [-0.15, -0.1) is 0 Å². The number of phenolic OH excluding ortho intramolecular Hbond substituents is 4. The molecule has 0 unspecified atom stereocenters. The van der Waals surface area contributed by atoms with Gasteiger partial charge in [-0.2, -0.15) is 0 Å². The summed E-state index contributed by atoms with van der Waals surface area (Å²) < 4.78 is 51.8. The van der Waals surface area contributed by atoms with Crippen molar-refractivity contribution in [2.24, 2.45) is 0 Å². The van der Waals surface area contributed by atoms with Gasteiger partial charge in [0.05, 0.1) is 51.1 Å². The molecule has 0 radical (unpaired) electrons. The summed E-state index contributed by atoms with van der Waals surface area (Å²) in [6.07, 6.45) is -25.4. The average molecular weight is 964 g/mol. The molecule has 7 rings (SSSR count). The van der Waals surface area contributed by atoms with Crippen molar-refractivity contribution >= 4 is 23.0 Å². The van der Waals surface area contributed by atoms with Gasteiger partial charge in [-0.25, -0.2) is 9.21 Å². The molecule has 24 nitrogen and oxygen atoms in total. The Balaban J connectivity index is 1.28. The Kier molecular flexibility index (Phi) is 15.4. The van der Waals surface area contributed by atoms with Crippen molar-refractivity contribution in [2.45, 2.75) is 91.9 Å². The number of aromatic hydroxyl groups is 4. The summed E-state index contributed by atoms with van der Waals surface area (Å²) in [7, 11) is 2.57. The molecule has 0 spiro atoms. The van der Waals surface area contributed by atoms with Crippen LogP contribution >= 0.6 is 0 Å². The molecule has 24 heteroatoms. The predicted molar refractivity (Wildman–Crippen MR) is 225 cm³/mol. The van der Waals surface area contributed by atoms with Gasteiger partial charge in [-0.05, 0) is 42.0 Å². The number of carbonyl (C=O) groups excluding carboxylic acids is 1. The van der Waals surface area contributed by atoms with E-state index in [0.717, 1.165) is 30.3 Å². The highest BCUT2D eigenvalue weighted by molar-refractivity contribution is 5.88. The number of rotatable bonds is 14. The van der Waals surface area contributed by atoms with E-state index in [1.54, 1.807) is 0 Å². The number of esters is 1. The number of benzene rings is 3. The van der Waals surface area contributed by atoms with Crippen LogP contribution in [0, 0.1) is 0 Å². The van der Waals surface area contributed by atoms with Crippen LogP contribution in [0.25, 0.3) is 28.4 Å². The Labute approximate surface area is 384 Å². The summed E-state index contributed by atoms with van der Waals surface area (Å²) in [6, 6.07) is 9.62. The lowest BCUT2D eigenvalue weighted by molar-refractivity contribution is -0.358. The molecule has 3 saturated heterocycles. The summed E-state index contributed by atoms with van der Waals surface area (Å²) in [4.78, 5) is 13.3. The third kappa shape index (κ3) is 9.91. The Morgan fingerprint density at radius 2 is 1.24 bits per heavy atom. The first kappa shape index (κ1) is 50.2. The number of aliphatic hydroxyl groups is 10. The number of hydrogen-bond donors (Lipinski definition) is 14. The Morgan fingerprint density at radius 1 is 0.647 bits per heavy atom. The quantitative estimate of drug-likeness (QED) is 0.0281. The normalized spacial score (nSPS) is 32.0. The van der Waals surface area contributed by atoms with Gasteiger partial charge in [0.2, 0.25) is 17.8 Å². The third-order valence-electron chi connectivity index (χ3n) is 11.7. The highest BCUT2D eigenvalue weighted by Gasteiger charge is 2.53. The molecule has 0 saturated carbocycles. The van der Waals surface area contributed by atoms with Gasteiger partial charge in [0.15, 0.2) is 41.5 Å². The van der Waals surface area contributed by atoms with Crippen molar-refractivity contribution in [3.8, 4) is 51.6 Å². The molecule has 3 aliphatic rings. The van der Waals surface area contributed by atoms with Crippen molar-refractivity contribution in [3.63, 3.8) is 0 Å². The van der Waals surface area contributed by atoms with Crippen LogP contribution in [-0.4, -0.2) is 197 Å². The number of fused-ring (bicyclic) bond motifs is 1. The van der Waals surface area contributed by atoms with Crippen LogP contribution < -0.4 is 14.2 Å². The SMILES string of the molecule is COc1cc(C=CC(=O)O[C@H]2[C@H](O[C@H]3[C@H](Oc4cc5c([C@@H]6O[C@H](CO)[C@@H](O)[C@H](O)[C@H]6O)cc(O)cc5[o+]c4-c4ccc(O)c(O)c4)O[C@H](CO)[C@@H](O)[C@@H]3O)O[C@H](CO)[C@@H](O)[C@@H]2O)cc(OC)c1O. The van der Waals surface area contributed by atoms with E-state index in [2.05, 4.69) is 0 Å². The van der Waals surface area contributed by atoms with Crippen LogP contribution in [0.5, 0.6) is 40.2 Å². The zero-order chi connectivity index (χ0) is 49.3. The lowest BCUT2D eigenvalue weighted by atomic mass is 9.89. The summed E-state index contributed by atoms with van der Waals surface area (Å²) in [5, 5.41) is 149. The van der Waals surface area contributed by atoms with Crippen molar-refractivity contribution in [1.82, 2.24) is 0 Å². The number of methoxy groups -OCH3 is 2. The zero-order valence-electron chi connectivity index (χ0n) is 35.9. The molecule has 15 atom stereocenters. The first-order chi connectivity index (χ1) is 32.4. The average Bonchev–Trinajstić information content (AvgIpc) is 3.32. The molecule has 3 aliphatic heterocycles. The maximum absolute atomic E-state index is 13.3. The van der Waals surface area contributed by atoms with E-state index >= 15 is 0 Å². The van der Waals surface area contributed by atoms with E-state index in [-0.39, 0.29) is 56.4 Å². The third-order valence-corrected chi connectivity index (χ3v) is 11.7. The van der Waals surface area contributed by atoms with E-state index in [9.17, 15) is 76.3 Å². The second-order valence-electron chi connectivity index (χ2n) is 16.0. The van der Waals surface area contributed by atoms with E-state index in [4.69, 9.17) is 42.3 Å². The minimum Gasteiger partial charge on any atom is -0.508 e. The molecule has 4 heterocycles. The second-order valence-corrected chi connectivity index (χ2v) is 16.0. The number of phenols is 4. The van der Waals surface area contributed by atoms with Gasteiger partial charge in [-0.1, -0.05) is 0 Å². The van der Waals surface area contributed by atoms with Crippen molar-refractivity contribution in [3.05, 3.63) is 65.7 Å². The van der Waals surface area contributed by atoms with Gasteiger partial charge in [0, 0.05) is 23.8 Å². The lowest BCUT2D eigenvalue weighted by Crippen LogP contribution is -2.65. The van der Waals surface area contributed by atoms with Crippen LogP contribution in [0.15, 0.2) is 59.0 Å². The number of carbonyl (C=O) groups is 1. The fourth-order valence-corrected chi connectivity index (χ4v) is 7.99. The van der Waals surface area contributed by atoms with Crippen molar-refractivity contribution in [2.75, 3.05) is 34.0 Å². The van der Waals surface area contributed by atoms with E-state index in [0.29, 0.717) is 0 Å². The molecule has 370 valence electrons. The molecule has 0 bridgehead atoms. The van der Waals surface area contributed by atoms with Crippen LogP contribution in [0.1, 0.15) is 17.2 Å². The van der Waals surface area contributed by atoms with Crippen molar-refractivity contribution < 1.29 is 119 Å². The van der Waals surface area contributed by atoms with Crippen LogP contribution in [0.3, 0.4) is 0 Å². The summed E-state index contributed by atoms with van der Waals surface area (Å²) >= 11 is 0. The van der Waals surface area contributed by atoms with Crippen molar-refractivity contribution in [1.29, 1.82) is 0 Å². The predicted octanol–water partition coefficient (Wildman–Crippen LogP) is -2.00. The van der Waals surface area contributed by atoms with Gasteiger partial charge >= 0.3 is 17.3 Å². The monoisotopic (exact) mass is 963 g/mol. The standard InChI is InChI=1S/C44H50O24/c1-60-24-7-16(8-25(61-2)31(24)52)3-6-30(51)67-41-36(57)33(54)29(15-47)66-44(41)68-42-37(58)34(55)28(14-46)65-43(42)64-26-12-19-20(40-38(59)35(56)32(53)27(13-45)63-40)10-18(48)11-23(19)62-39(26)17-4-5-21(49)22(50)9-17/h3-12,27-29,32-38,40-47,53-59H,13-15H2,1-2H3,(H3-,48,49,50,51,52)/p+1/t27-,28-,29-,32-,33-,34-,35+,36+,37+,38-,40+,41-,42-,43-,44+/m1/s1. The first-order valence-electron chi connectivity index (χ1n) is 20.8. The minimum atomic E-state index is -2.08. The molecule has 0 aliphatic carbocycles. The number of ether oxygens (including phenoxy) is 8. The highest BCUT2D eigenvalue weighted by atomic mass is 16.8. The van der Waals surface area contributed by atoms with Gasteiger partial charge in [0.25, 0.3) is 0 Å². The smallest absolute Gasteiger partial charge is 0.402 e. The largest absolute Gasteiger partial charge is 0.508 e. The highest BCUT2D eigenvalue weighted by Crippen LogP contribution is 2.45. The fraction of sp³-hybridized carbons (Fsp3) is 0.455. The topological polar surface area (TPSA) is 385 Å². The Bertz CT molecular complexity index is 2420. The zero-order valence-corrected chi connectivity index (χ0v) is 35.9. The molecule has 1 aromatic heterocycles. The number of hydrogen-bond acceptors (Lipinski definition) is 23. The minimum absolute atomic E-state index is 0.00464. The Hall–Kier alpha value is -5.68. The second kappa shape index (κ2) is 20.9. The molecular weight excluding hydrogens is 912 g/mol. The maximum atomic E-state index is 13.3. The summed E-state index contributed by atoms with van der Waals surface area (Å²) in [6.45, 7) is -2.64. The van der Waals surface area contributed by atoms with E-state index < -0.39 is 135 Å². The summed E-state index contributed by atoms with van der Waals surface area (Å²) in [5.41, 5.74) is 0.0161. The van der Waals surface area contributed by atoms with Crippen LogP contribution in [0.2, 0.25) is 0 Å². The number of aliphatic hydroxyl groups excluding tert-OH is 10. The molecule has 3 aromatic carbocycles. The molecular formula is C44H51O24+. The van der Waals surface area contributed by atoms with Gasteiger partial charge in [0.1, 0.15) is 72.9 Å². The van der Waals surface area contributed by atoms with Crippen LogP contribution in [-0.2, 0) is 28.5 Å². The lowest BCUT2D eigenvalue weighted by Gasteiger charge is -2.46. The molecule has 3 fully saturated rings. The molecule has 4 aromatic rings. The van der Waals surface area contributed by atoms with Crippen LogP contribution in [0.4, 0.5) is 0 Å². The molecule has 0 amide bonds. The maximum Gasteiger partial charge on any atom is 0.402 e. The summed E-state index contributed by atoms with van der Waals surface area (Å²) in [5.74, 6) is -3.81. The first-order valence-corrected chi connectivity index (χ1v) is 20.8. The van der Waals surface area contributed by atoms with E-state index in [1.807, 2.05) is 0 Å². The molecule has 14 N–H and O–H groups in total. The molecule has 68 heavy (non-hydrogen) atoms.